The molecule has 1 N–H and O–H groups in total. The van der Waals surface area contributed by atoms with Crippen molar-refractivity contribution in [2.24, 2.45) is 0 Å². The van der Waals surface area contributed by atoms with Crippen molar-refractivity contribution in [2.75, 3.05) is 0 Å². The average Bonchev–Trinajstić information content (AvgIpc) is 3.19. The molecule has 0 saturated heterocycles. The highest BCUT2D eigenvalue weighted by molar-refractivity contribution is 9.10. The van der Waals surface area contributed by atoms with E-state index in [2.05, 4.69) is 73.0 Å². The number of nitrogens with zero attached hydrogens (tertiary/aromatic N) is 2. The molecule has 1 aliphatic carbocycles. The fourth-order valence-corrected chi connectivity index (χ4v) is 4.99. The van der Waals surface area contributed by atoms with Crippen molar-refractivity contribution < 1.29 is 9.90 Å². The van der Waals surface area contributed by atoms with Crippen molar-refractivity contribution in [1.82, 2.24) is 9.78 Å². The van der Waals surface area contributed by atoms with Gasteiger partial charge in [-0.2, -0.15) is 5.10 Å². The first kappa shape index (κ1) is 23.5. The molecule has 5 heteroatoms. The van der Waals surface area contributed by atoms with E-state index >= 15 is 0 Å². The average molecular weight is 507 g/mol. The number of halogens is 1. The summed E-state index contributed by atoms with van der Waals surface area (Å²) in [5.41, 5.74) is 7.00. The Morgan fingerprint density at radius 2 is 1.70 bits per heavy atom. The number of aromatic nitrogens is 2. The van der Waals surface area contributed by atoms with Crippen molar-refractivity contribution in [1.29, 1.82) is 0 Å². The minimum Gasteiger partial charge on any atom is -0.478 e. The van der Waals surface area contributed by atoms with Gasteiger partial charge in [-0.3, -0.25) is 4.68 Å². The van der Waals surface area contributed by atoms with Gasteiger partial charge in [0.2, 0.25) is 0 Å². The molecule has 0 aliphatic heterocycles. The molecule has 0 spiro atoms. The highest BCUT2D eigenvalue weighted by Gasteiger charge is 2.37. The Kier molecular flexibility index (Phi) is 6.37. The summed E-state index contributed by atoms with van der Waals surface area (Å²) in [6.45, 7) is 10.2. The van der Waals surface area contributed by atoms with Crippen LogP contribution in [0.5, 0.6) is 0 Å². The molecular weight excluding hydrogens is 476 g/mol. The third-order valence-electron chi connectivity index (χ3n) is 6.94. The first-order valence-corrected chi connectivity index (χ1v) is 12.2. The lowest BCUT2D eigenvalue weighted by Gasteiger charge is -2.42. The van der Waals surface area contributed by atoms with Gasteiger partial charge in [0.25, 0.3) is 0 Å². The summed E-state index contributed by atoms with van der Waals surface area (Å²) in [4.78, 5) is 11.1. The van der Waals surface area contributed by atoms with Crippen LogP contribution in [-0.4, -0.2) is 20.9 Å². The molecule has 1 aromatic heterocycles. The van der Waals surface area contributed by atoms with Crippen LogP contribution in [0, 0.1) is 0 Å². The number of aromatic carboxylic acids is 1. The Bertz CT molecular complexity index is 1200. The van der Waals surface area contributed by atoms with Gasteiger partial charge in [0.1, 0.15) is 0 Å². The first-order chi connectivity index (χ1) is 15.5. The molecule has 0 radical (unpaired) electrons. The van der Waals surface area contributed by atoms with E-state index in [1.807, 2.05) is 29.2 Å². The second-order valence-electron chi connectivity index (χ2n) is 10.3. The SMILES string of the molecule is CC1(C)CCC(C)(C)c2cc(CCn3cc(Br)cn3)c(C=Cc3ccc(C(=O)O)cc3)cc21. The van der Waals surface area contributed by atoms with Crippen LogP contribution in [0.4, 0.5) is 0 Å². The maximum atomic E-state index is 11.1. The van der Waals surface area contributed by atoms with Gasteiger partial charge in [-0.15, -0.1) is 0 Å². The number of carbonyl (C=O) groups is 1. The van der Waals surface area contributed by atoms with E-state index in [1.165, 1.54) is 35.1 Å². The summed E-state index contributed by atoms with van der Waals surface area (Å²) >= 11 is 3.48. The molecule has 0 saturated carbocycles. The molecule has 33 heavy (non-hydrogen) atoms. The lowest BCUT2D eigenvalue weighted by Crippen LogP contribution is -2.34. The zero-order chi connectivity index (χ0) is 23.8. The number of carboxylic acids is 1. The number of aryl methyl sites for hydroxylation is 2. The zero-order valence-electron chi connectivity index (χ0n) is 19.7. The number of hydrogen-bond donors (Lipinski definition) is 1. The molecule has 0 bridgehead atoms. The molecule has 0 amide bonds. The third kappa shape index (κ3) is 5.14. The fourth-order valence-electron chi connectivity index (χ4n) is 4.67. The molecule has 172 valence electrons. The Morgan fingerprint density at radius 3 is 2.27 bits per heavy atom. The van der Waals surface area contributed by atoms with Gasteiger partial charge in [-0.05, 0) is 86.0 Å². The highest BCUT2D eigenvalue weighted by Crippen LogP contribution is 2.46. The molecular formula is C28H31BrN2O2. The van der Waals surface area contributed by atoms with Crippen LogP contribution in [0.2, 0.25) is 0 Å². The molecule has 1 aliphatic rings. The minimum atomic E-state index is -0.905. The van der Waals surface area contributed by atoms with E-state index in [9.17, 15) is 4.79 Å². The predicted molar refractivity (Wildman–Crippen MR) is 138 cm³/mol. The standard InChI is InChI=1S/C28H31BrN2O2/c1-27(2)12-13-28(3,4)25-16-22(11-14-31-18-23(29)17-30-31)21(15-24(25)27)10-7-19-5-8-20(9-6-19)26(32)33/h5-10,15-18H,11-14H2,1-4H3,(H,32,33). The Labute approximate surface area is 204 Å². The summed E-state index contributed by atoms with van der Waals surface area (Å²) in [5.74, 6) is -0.905. The van der Waals surface area contributed by atoms with Crippen LogP contribution in [0.1, 0.15) is 78.7 Å². The normalized spacial score (nSPS) is 16.6. The van der Waals surface area contributed by atoms with Crippen LogP contribution >= 0.6 is 15.9 Å². The summed E-state index contributed by atoms with van der Waals surface area (Å²) in [5, 5.41) is 13.6. The van der Waals surface area contributed by atoms with Crippen LogP contribution in [0.3, 0.4) is 0 Å². The van der Waals surface area contributed by atoms with Crippen LogP contribution in [0.25, 0.3) is 12.2 Å². The van der Waals surface area contributed by atoms with E-state index in [4.69, 9.17) is 5.11 Å². The third-order valence-corrected chi connectivity index (χ3v) is 7.35. The fraction of sp³-hybridized carbons (Fsp3) is 0.357. The Morgan fingerprint density at radius 1 is 1.06 bits per heavy atom. The zero-order valence-corrected chi connectivity index (χ0v) is 21.3. The number of carboxylic acid groups (broad SMARTS) is 1. The topological polar surface area (TPSA) is 55.1 Å². The summed E-state index contributed by atoms with van der Waals surface area (Å²) in [7, 11) is 0. The lowest BCUT2D eigenvalue weighted by atomic mass is 9.62. The molecule has 4 rings (SSSR count). The van der Waals surface area contributed by atoms with E-state index in [1.54, 1.807) is 12.1 Å². The number of rotatable bonds is 6. The maximum absolute atomic E-state index is 11.1. The van der Waals surface area contributed by atoms with Gasteiger partial charge >= 0.3 is 5.97 Å². The lowest BCUT2D eigenvalue weighted by molar-refractivity contribution is 0.0697. The van der Waals surface area contributed by atoms with Gasteiger partial charge in [0, 0.05) is 12.7 Å². The van der Waals surface area contributed by atoms with E-state index in [0.29, 0.717) is 5.56 Å². The van der Waals surface area contributed by atoms with Crippen LogP contribution in [-0.2, 0) is 23.8 Å². The first-order valence-electron chi connectivity index (χ1n) is 11.4. The molecule has 0 atom stereocenters. The number of fused-ring (bicyclic) bond motifs is 1. The van der Waals surface area contributed by atoms with Crippen LogP contribution < -0.4 is 0 Å². The Balaban J connectivity index is 1.73. The van der Waals surface area contributed by atoms with Crippen molar-refractivity contribution >= 4 is 34.1 Å². The summed E-state index contributed by atoms with van der Waals surface area (Å²) in [6.07, 6.45) is 11.3. The van der Waals surface area contributed by atoms with E-state index in [-0.39, 0.29) is 10.8 Å². The van der Waals surface area contributed by atoms with Crippen molar-refractivity contribution in [3.05, 3.63) is 86.6 Å². The molecule has 2 aromatic carbocycles. The maximum Gasteiger partial charge on any atom is 0.335 e. The Hall–Kier alpha value is -2.66. The van der Waals surface area contributed by atoms with Gasteiger partial charge in [0.05, 0.1) is 16.2 Å². The van der Waals surface area contributed by atoms with Crippen LogP contribution in [0.15, 0.2) is 53.3 Å². The van der Waals surface area contributed by atoms with Gasteiger partial charge in [-0.25, -0.2) is 4.79 Å². The smallest absolute Gasteiger partial charge is 0.335 e. The van der Waals surface area contributed by atoms with Gasteiger partial charge in [0.15, 0.2) is 0 Å². The summed E-state index contributed by atoms with van der Waals surface area (Å²) in [6, 6.07) is 11.8. The second kappa shape index (κ2) is 8.94. The predicted octanol–water partition coefficient (Wildman–Crippen LogP) is 7.11. The number of benzene rings is 2. The molecule has 0 unspecified atom stereocenters. The molecule has 4 nitrogen and oxygen atoms in total. The molecule has 1 heterocycles. The van der Waals surface area contributed by atoms with Crippen molar-refractivity contribution in [3.63, 3.8) is 0 Å². The quantitative estimate of drug-likeness (QED) is 0.362. The van der Waals surface area contributed by atoms with E-state index < -0.39 is 5.97 Å². The van der Waals surface area contributed by atoms with Crippen molar-refractivity contribution in [3.8, 4) is 0 Å². The van der Waals surface area contributed by atoms with Gasteiger partial charge < -0.3 is 5.11 Å². The molecule has 3 aromatic rings. The van der Waals surface area contributed by atoms with Crippen molar-refractivity contribution in [2.45, 2.75) is 64.3 Å². The second-order valence-corrected chi connectivity index (χ2v) is 11.2. The van der Waals surface area contributed by atoms with E-state index in [0.717, 1.165) is 23.0 Å². The largest absolute Gasteiger partial charge is 0.478 e. The molecule has 0 fully saturated rings. The number of hydrogen-bond acceptors (Lipinski definition) is 2. The minimum absolute atomic E-state index is 0.141. The summed E-state index contributed by atoms with van der Waals surface area (Å²) < 4.78 is 2.96. The highest BCUT2D eigenvalue weighted by atomic mass is 79.9. The monoisotopic (exact) mass is 506 g/mol. The van der Waals surface area contributed by atoms with Gasteiger partial charge in [-0.1, -0.05) is 64.1 Å².